The van der Waals surface area contributed by atoms with Crippen LogP contribution in [0.3, 0.4) is 0 Å². The van der Waals surface area contributed by atoms with Crippen LogP contribution in [0.4, 0.5) is 0 Å². The van der Waals surface area contributed by atoms with Crippen molar-refractivity contribution in [2.45, 2.75) is 39.7 Å². The van der Waals surface area contributed by atoms with Gasteiger partial charge in [-0.2, -0.15) is 0 Å². The van der Waals surface area contributed by atoms with E-state index < -0.39 is 0 Å². The number of aromatic hydroxyl groups is 1. The van der Waals surface area contributed by atoms with Crippen molar-refractivity contribution in [1.29, 1.82) is 0 Å². The molecular formula is C11H17NO2. The predicted octanol–water partition coefficient (Wildman–Crippen LogP) is 2.01. The summed E-state index contributed by atoms with van der Waals surface area (Å²) in [7, 11) is 0. The molecule has 3 nitrogen and oxygen atoms in total. The molecule has 0 aliphatic carbocycles. The molecule has 3 heteroatoms. The maximum atomic E-state index is 11.1. The maximum Gasteiger partial charge on any atom is 0.223 e. The molecule has 78 valence electrons. The van der Waals surface area contributed by atoms with Gasteiger partial charge in [0.2, 0.25) is 5.43 Å². The molecule has 1 aromatic rings. The molecule has 1 rings (SSSR count). The van der Waals surface area contributed by atoms with E-state index in [1.165, 1.54) is 6.07 Å². The first-order valence-corrected chi connectivity index (χ1v) is 4.82. The normalized spacial score (nSPS) is 11.7. The lowest BCUT2D eigenvalue weighted by Gasteiger charge is -2.29. The van der Waals surface area contributed by atoms with Gasteiger partial charge in [-0.3, -0.25) is 4.79 Å². The molecule has 1 N–H and O–H groups in total. The van der Waals surface area contributed by atoms with E-state index in [-0.39, 0.29) is 16.7 Å². The van der Waals surface area contributed by atoms with Gasteiger partial charge in [0, 0.05) is 17.8 Å². The molecule has 14 heavy (non-hydrogen) atoms. The molecule has 0 spiro atoms. The van der Waals surface area contributed by atoms with E-state index in [9.17, 15) is 9.90 Å². The van der Waals surface area contributed by atoms with Gasteiger partial charge < -0.3 is 9.67 Å². The fraction of sp³-hybridized carbons (Fsp3) is 0.545. The molecule has 0 saturated carbocycles. The molecule has 0 fully saturated rings. The van der Waals surface area contributed by atoms with E-state index in [1.54, 1.807) is 13.1 Å². The van der Waals surface area contributed by atoms with E-state index >= 15 is 0 Å². The minimum Gasteiger partial charge on any atom is -0.503 e. The largest absolute Gasteiger partial charge is 0.503 e. The summed E-state index contributed by atoms with van der Waals surface area (Å²) < 4.78 is 1.93. The topological polar surface area (TPSA) is 42.2 Å². The Morgan fingerprint density at radius 2 is 2.07 bits per heavy atom. The fourth-order valence-electron chi connectivity index (χ4n) is 1.45. The Hall–Kier alpha value is -1.25. The summed E-state index contributed by atoms with van der Waals surface area (Å²) in [5, 5.41) is 9.51. The van der Waals surface area contributed by atoms with E-state index in [1.807, 2.05) is 4.57 Å². The molecule has 0 aliphatic heterocycles. The van der Waals surface area contributed by atoms with Crippen LogP contribution in [0.25, 0.3) is 0 Å². The van der Waals surface area contributed by atoms with Crippen LogP contribution in [0.1, 0.15) is 32.9 Å². The third kappa shape index (κ3) is 1.67. The Bertz CT molecular complexity index is 391. The number of nitrogens with zero attached hydrogens (tertiary/aromatic N) is 1. The van der Waals surface area contributed by atoms with Crippen LogP contribution in [-0.2, 0) is 5.54 Å². The summed E-state index contributed by atoms with van der Waals surface area (Å²) in [6.45, 7) is 7.98. The number of rotatable bonds is 2. The summed E-state index contributed by atoms with van der Waals surface area (Å²) in [6.07, 6.45) is 2.68. The van der Waals surface area contributed by atoms with Crippen molar-refractivity contribution in [3.8, 4) is 5.75 Å². The third-order valence-corrected chi connectivity index (χ3v) is 2.83. The quantitative estimate of drug-likeness (QED) is 0.784. The Labute approximate surface area is 84.0 Å². The lowest BCUT2D eigenvalue weighted by atomic mass is 10.0. The second-order valence-corrected chi connectivity index (χ2v) is 4.15. The van der Waals surface area contributed by atoms with Gasteiger partial charge in [-0.25, -0.2) is 0 Å². The van der Waals surface area contributed by atoms with Crippen molar-refractivity contribution in [2.75, 3.05) is 0 Å². The summed E-state index contributed by atoms with van der Waals surface area (Å²) in [5.74, 6) is -0.144. The fourth-order valence-corrected chi connectivity index (χ4v) is 1.45. The number of hydrogen-bond donors (Lipinski definition) is 1. The van der Waals surface area contributed by atoms with Crippen LogP contribution in [0.15, 0.2) is 17.1 Å². The second kappa shape index (κ2) is 3.48. The van der Waals surface area contributed by atoms with Crippen LogP contribution in [-0.4, -0.2) is 9.67 Å². The highest BCUT2D eigenvalue weighted by molar-refractivity contribution is 5.26. The SMILES string of the molecule is CCC(C)(C)n1ccc(=O)c(O)c1C. The van der Waals surface area contributed by atoms with Gasteiger partial charge in [-0.1, -0.05) is 6.92 Å². The number of aromatic nitrogens is 1. The van der Waals surface area contributed by atoms with E-state index in [2.05, 4.69) is 20.8 Å². The second-order valence-electron chi connectivity index (χ2n) is 4.15. The molecular weight excluding hydrogens is 178 g/mol. The van der Waals surface area contributed by atoms with Gasteiger partial charge in [0.25, 0.3) is 0 Å². The third-order valence-electron chi connectivity index (χ3n) is 2.83. The molecule has 0 saturated heterocycles. The minimum absolute atomic E-state index is 0.0741. The van der Waals surface area contributed by atoms with Crippen LogP contribution in [0.5, 0.6) is 5.75 Å². The van der Waals surface area contributed by atoms with Crippen LogP contribution >= 0.6 is 0 Å². The molecule has 1 aromatic heterocycles. The summed E-state index contributed by atoms with van der Waals surface area (Å²) in [6, 6.07) is 1.40. The zero-order chi connectivity index (χ0) is 10.9. The van der Waals surface area contributed by atoms with Gasteiger partial charge in [-0.05, 0) is 27.2 Å². The molecule has 0 bridgehead atoms. The number of hydrogen-bond acceptors (Lipinski definition) is 2. The Morgan fingerprint density at radius 3 is 2.57 bits per heavy atom. The standard InChI is InChI=1S/C11H17NO2/c1-5-11(3,4)12-7-6-9(13)10(14)8(12)2/h6-7,14H,5H2,1-4H3. The highest BCUT2D eigenvalue weighted by Gasteiger charge is 2.19. The van der Waals surface area contributed by atoms with Crippen LogP contribution in [0, 0.1) is 6.92 Å². The van der Waals surface area contributed by atoms with Crippen molar-refractivity contribution >= 4 is 0 Å². The van der Waals surface area contributed by atoms with Crippen LogP contribution in [0.2, 0.25) is 0 Å². The minimum atomic E-state index is -0.314. The lowest BCUT2D eigenvalue weighted by Crippen LogP contribution is -2.28. The predicted molar refractivity (Wildman–Crippen MR) is 56.7 cm³/mol. The average Bonchev–Trinajstić information content (AvgIpc) is 2.14. The summed E-state index contributed by atoms with van der Waals surface area (Å²) in [5.41, 5.74) is 0.241. The molecule has 0 unspecified atom stereocenters. The van der Waals surface area contributed by atoms with Gasteiger partial charge in [0.05, 0.1) is 5.69 Å². The first kappa shape index (κ1) is 10.8. The highest BCUT2D eigenvalue weighted by atomic mass is 16.3. The van der Waals surface area contributed by atoms with Crippen molar-refractivity contribution in [2.24, 2.45) is 0 Å². The van der Waals surface area contributed by atoms with Crippen molar-refractivity contribution in [3.63, 3.8) is 0 Å². The van der Waals surface area contributed by atoms with Gasteiger partial charge in [0.15, 0.2) is 5.75 Å². The molecule has 0 aliphatic rings. The van der Waals surface area contributed by atoms with Crippen LogP contribution < -0.4 is 5.43 Å². The Morgan fingerprint density at radius 1 is 1.50 bits per heavy atom. The molecule has 0 atom stereocenters. The first-order chi connectivity index (χ1) is 6.40. The van der Waals surface area contributed by atoms with Gasteiger partial charge in [0.1, 0.15) is 0 Å². The molecule has 1 heterocycles. The Balaban J connectivity index is 3.39. The van der Waals surface area contributed by atoms with Gasteiger partial charge in [-0.15, -0.1) is 0 Å². The van der Waals surface area contributed by atoms with E-state index in [4.69, 9.17) is 0 Å². The van der Waals surface area contributed by atoms with E-state index in [0.717, 1.165) is 6.42 Å². The average molecular weight is 195 g/mol. The molecule has 0 aromatic carbocycles. The highest BCUT2D eigenvalue weighted by Crippen LogP contribution is 2.23. The lowest BCUT2D eigenvalue weighted by molar-refractivity contribution is 0.324. The zero-order valence-electron chi connectivity index (χ0n) is 9.16. The monoisotopic (exact) mass is 195 g/mol. The molecule has 0 radical (unpaired) electrons. The smallest absolute Gasteiger partial charge is 0.223 e. The Kier molecular flexibility index (Phi) is 2.69. The first-order valence-electron chi connectivity index (χ1n) is 4.82. The molecule has 0 amide bonds. The van der Waals surface area contributed by atoms with Crippen molar-refractivity contribution < 1.29 is 5.11 Å². The van der Waals surface area contributed by atoms with Crippen molar-refractivity contribution in [3.05, 3.63) is 28.2 Å². The van der Waals surface area contributed by atoms with Gasteiger partial charge >= 0.3 is 0 Å². The summed E-state index contributed by atoms with van der Waals surface area (Å²) in [4.78, 5) is 11.1. The summed E-state index contributed by atoms with van der Waals surface area (Å²) >= 11 is 0. The zero-order valence-corrected chi connectivity index (χ0v) is 9.16. The number of pyridine rings is 1. The maximum absolute atomic E-state index is 11.1. The van der Waals surface area contributed by atoms with Crippen molar-refractivity contribution in [1.82, 2.24) is 4.57 Å². The van der Waals surface area contributed by atoms with E-state index in [0.29, 0.717) is 5.69 Å².